The van der Waals surface area contributed by atoms with Crippen molar-refractivity contribution in [2.75, 3.05) is 5.75 Å². The predicted octanol–water partition coefficient (Wildman–Crippen LogP) is 4.36. The Morgan fingerprint density at radius 2 is 2.10 bits per heavy atom. The molecule has 0 amide bonds. The minimum atomic E-state index is -0.793. The molecular formula is C15H12F2OS2. The number of fused-ring (bicyclic) bond motifs is 1. The number of thiophene rings is 1. The minimum absolute atomic E-state index is 0.284. The van der Waals surface area contributed by atoms with Gasteiger partial charge in [0.15, 0.2) is 0 Å². The fraction of sp³-hybridized carbons (Fsp3) is 0.267. The Bertz CT molecular complexity index is 668. The molecule has 1 aliphatic heterocycles. The van der Waals surface area contributed by atoms with E-state index in [-0.39, 0.29) is 5.56 Å². The van der Waals surface area contributed by atoms with Crippen molar-refractivity contribution in [1.29, 1.82) is 0 Å². The average Bonchev–Trinajstić information content (AvgIpc) is 2.87. The second-order valence-corrected chi connectivity index (χ2v) is 6.99. The van der Waals surface area contributed by atoms with E-state index >= 15 is 0 Å². The summed E-state index contributed by atoms with van der Waals surface area (Å²) in [6, 6.07) is 4.28. The lowest BCUT2D eigenvalue weighted by Crippen LogP contribution is -2.07. The van der Waals surface area contributed by atoms with Crippen LogP contribution in [0.25, 0.3) is 0 Å². The summed E-state index contributed by atoms with van der Waals surface area (Å²) in [7, 11) is 0. The van der Waals surface area contributed by atoms with Crippen molar-refractivity contribution in [2.24, 2.45) is 0 Å². The highest BCUT2D eigenvalue weighted by molar-refractivity contribution is 7.98. The summed E-state index contributed by atoms with van der Waals surface area (Å²) in [5.41, 5.74) is 0.978. The van der Waals surface area contributed by atoms with Gasteiger partial charge in [0.25, 0.3) is 0 Å². The summed E-state index contributed by atoms with van der Waals surface area (Å²) in [6.45, 7) is 1.53. The van der Waals surface area contributed by atoms with Crippen LogP contribution in [0, 0.1) is 18.6 Å². The summed E-state index contributed by atoms with van der Waals surface area (Å²) in [4.78, 5) is 14.0. The van der Waals surface area contributed by atoms with E-state index in [2.05, 4.69) is 0 Å². The molecule has 0 spiro atoms. The van der Waals surface area contributed by atoms with Crippen LogP contribution in [-0.2, 0) is 12.2 Å². The van der Waals surface area contributed by atoms with Gasteiger partial charge >= 0.3 is 0 Å². The minimum Gasteiger partial charge on any atom is -0.287 e. The first-order valence-corrected chi connectivity index (χ1v) is 8.23. The van der Waals surface area contributed by atoms with E-state index in [1.54, 1.807) is 6.07 Å². The van der Waals surface area contributed by atoms with E-state index in [1.165, 1.54) is 29.2 Å². The number of hydrogen-bond donors (Lipinski definition) is 0. The lowest BCUT2D eigenvalue weighted by atomic mass is 10.0. The van der Waals surface area contributed by atoms with Gasteiger partial charge in [-0.1, -0.05) is 6.07 Å². The van der Waals surface area contributed by atoms with Crippen LogP contribution >= 0.6 is 23.1 Å². The number of ketones is 1. The number of benzene rings is 1. The zero-order valence-electron chi connectivity index (χ0n) is 10.8. The molecule has 3 rings (SSSR count). The molecular weight excluding hydrogens is 298 g/mol. The summed E-state index contributed by atoms with van der Waals surface area (Å²) in [5, 5.41) is 0. The van der Waals surface area contributed by atoms with E-state index in [9.17, 15) is 13.6 Å². The highest BCUT2D eigenvalue weighted by atomic mass is 32.2. The van der Waals surface area contributed by atoms with Gasteiger partial charge in [0.2, 0.25) is 5.78 Å². The van der Waals surface area contributed by atoms with Crippen LogP contribution in [-0.4, -0.2) is 11.5 Å². The quantitative estimate of drug-likeness (QED) is 0.767. The molecule has 2 heterocycles. The van der Waals surface area contributed by atoms with Gasteiger partial charge in [0.05, 0.1) is 10.4 Å². The first-order valence-electron chi connectivity index (χ1n) is 6.26. The molecule has 0 aliphatic carbocycles. The van der Waals surface area contributed by atoms with E-state index in [0.29, 0.717) is 4.88 Å². The normalized spacial score (nSPS) is 14.2. The van der Waals surface area contributed by atoms with Gasteiger partial charge in [-0.2, -0.15) is 11.8 Å². The molecule has 1 nitrogen and oxygen atoms in total. The fourth-order valence-electron chi connectivity index (χ4n) is 2.25. The van der Waals surface area contributed by atoms with Crippen molar-refractivity contribution in [1.82, 2.24) is 0 Å². The maximum absolute atomic E-state index is 14.0. The SMILES string of the molecule is Cc1ccc(F)c(C(=O)c2cc3c(s2)CCSC3)c1F. The van der Waals surface area contributed by atoms with Crippen molar-refractivity contribution in [3.8, 4) is 0 Å². The Labute approximate surface area is 124 Å². The molecule has 0 radical (unpaired) electrons. The zero-order valence-corrected chi connectivity index (χ0v) is 12.5. The van der Waals surface area contributed by atoms with Gasteiger partial charge < -0.3 is 0 Å². The Balaban J connectivity index is 2.05. The molecule has 1 aromatic carbocycles. The number of halogens is 2. The molecule has 2 aromatic rings. The molecule has 5 heteroatoms. The van der Waals surface area contributed by atoms with Crippen LogP contribution in [0.3, 0.4) is 0 Å². The number of carbonyl (C=O) groups excluding carboxylic acids is 1. The third kappa shape index (κ3) is 2.29. The Kier molecular flexibility index (Phi) is 3.65. The monoisotopic (exact) mass is 310 g/mol. The van der Waals surface area contributed by atoms with Gasteiger partial charge in [-0.25, -0.2) is 8.78 Å². The smallest absolute Gasteiger partial charge is 0.208 e. The molecule has 1 aromatic heterocycles. The number of carbonyl (C=O) groups is 1. The van der Waals surface area contributed by atoms with Crippen molar-refractivity contribution in [3.63, 3.8) is 0 Å². The Hall–Kier alpha value is -1.20. The molecule has 0 N–H and O–H groups in total. The first-order chi connectivity index (χ1) is 9.58. The van der Waals surface area contributed by atoms with Crippen molar-refractivity contribution < 1.29 is 13.6 Å². The van der Waals surface area contributed by atoms with E-state index < -0.39 is 23.0 Å². The van der Waals surface area contributed by atoms with Gasteiger partial charge in [-0.15, -0.1) is 11.3 Å². The van der Waals surface area contributed by atoms with Crippen molar-refractivity contribution in [3.05, 3.63) is 56.3 Å². The average molecular weight is 310 g/mol. The van der Waals surface area contributed by atoms with Crippen molar-refractivity contribution in [2.45, 2.75) is 19.1 Å². The molecule has 0 bridgehead atoms. The van der Waals surface area contributed by atoms with E-state index in [1.807, 2.05) is 11.8 Å². The Morgan fingerprint density at radius 1 is 1.30 bits per heavy atom. The summed E-state index contributed by atoms with van der Waals surface area (Å²) < 4.78 is 27.8. The molecule has 0 atom stereocenters. The molecule has 0 fully saturated rings. The highest BCUT2D eigenvalue weighted by Crippen LogP contribution is 2.33. The number of hydrogen-bond acceptors (Lipinski definition) is 3. The lowest BCUT2D eigenvalue weighted by Gasteiger charge is -2.08. The van der Waals surface area contributed by atoms with Gasteiger partial charge in [0, 0.05) is 10.6 Å². The van der Waals surface area contributed by atoms with Crippen molar-refractivity contribution >= 4 is 28.9 Å². The van der Waals surface area contributed by atoms with Gasteiger partial charge in [-0.3, -0.25) is 4.79 Å². The second kappa shape index (κ2) is 5.30. The predicted molar refractivity (Wildman–Crippen MR) is 78.7 cm³/mol. The largest absolute Gasteiger partial charge is 0.287 e. The van der Waals surface area contributed by atoms with Crippen LogP contribution in [0.5, 0.6) is 0 Å². The second-order valence-electron chi connectivity index (χ2n) is 4.74. The number of aryl methyl sites for hydroxylation is 2. The molecule has 20 heavy (non-hydrogen) atoms. The van der Waals surface area contributed by atoms with E-state index in [0.717, 1.165) is 29.6 Å². The van der Waals surface area contributed by atoms with Gasteiger partial charge in [-0.05, 0) is 42.4 Å². The maximum atomic E-state index is 14.0. The third-order valence-corrected chi connectivity index (χ3v) is 5.61. The topological polar surface area (TPSA) is 17.1 Å². The molecule has 0 unspecified atom stereocenters. The summed E-state index contributed by atoms with van der Waals surface area (Å²) in [6.07, 6.45) is 0.927. The standard InChI is InChI=1S/C15H12F2OS2/c1-8-2-3-10(16)13(14(8)17)15(18)12-6-9-7-19-5-4-11(9)20-12/h2-3,6H,4-5,7H2,1H3. The third-order valence-electron chi connectivity index (χ3n) is 3.36. The van der Waals surface area contributed by atoms with E-state index in [4.69, 9.17) is 0 Å². The lowest BCUT2D eigenvalue weighted by molar-refractivity contribution is 0.103. The Morgan fingerprint density at radius 3 is 2.85 bits per heavy atom. The maximum Gasteiger partial charge on any atom is 0.208 e. The van der Waals surface area contributed by atoms with Crippen LogP contribution < -0.4 is 0 Å². The highest BCUT2D eigenvalue weighted by Gasteiger charge is 2.24. The first kappa shape index (κ1) is 13.8. The van der Waals surface area contributed by atoms with Crippen LogP contribution in [0.2, 0.25) is 0 Å². The molecule has 0 saturated heterocycles. The number of rotatable bonds is 2. The number of thioether (sulfide) groups is 1. The fourth-order valence-corrected chi connectivity index (χ4v) is 4.57. The molecule has 104 valence electrons. The van der Waals surface area contributed by atoms with Crippen LogP contribution in [0.4, 0.5) is 8.78 Å². The van der Waals surface area contributed by atoms with Crippen LogP contribution in [0.1, 0.15) is 31.2 Å². The molecule has 1 aliphatic rings. The van der Waals surface area contributed by atoms with Crippen LogP contribution in [0.15, 0.2) is 18.2 Å². The zero-order chi connectivity index (χ0) is 14.3. The molecule has 0 saturated carbocycles. The van der Waals surface area contributed by atoms with Gasteiger partial charge in [0.1, 0.15) is 11.6 Å². The summed E-state index contributed by atoms with van der Waals surface area (Å²) in [5.74, 6) is -0.186. The summed E-state index contributed by atoms with van der Waals surface area (Å²) >= 11 is 3.18.